The fraction of sp³-hybridized carbons (Fsp3) is 0.429. The second-order valence-corrected chi connectivity index (χ2v) is 5.63. The predicted molar refractivity (Wildman–Crippen MR) is 77.1 cm³/mol. The number of hydrogen-bond donors (Lipinski definition) is 1. The van der Waals surface area contributed by atoms with Crippen LogP contribution in [-0.4, -0.2) is 34.5 Å². The van der Waals surface area contributed by atoms with Gasteiger partial charge >= 0.3 is 5.97 Å². The van der Waals surface area contributed by atoms with Crippen molar-refractivity contribution in [1.82, 2.24) is 4.90 Å². The molecule has 0 aliphatic heterocycles. The van der Waals surface area contributed by atoms with Crippen molar-refractivity contribution in [2.24, 2.45) is 0 Å². The fourth-order valence-electron chi connectivity index (χ4n) is 1.81. The number of carboxylic acids is 1. The van der Waals surface area contributed by atoms with E-state index in [0.717, 1.165) is 0 Å². The van der Waals surface area contributed by atoms with Crippen LogP contribution in [0.1, 0.15) is 37.0 Å². The van der Waals surface area contributed by atoms with E-state index in [0.29, 0.717) is 10.9 Å². The van der Waals surface area contributed by atoms with Gasteiger partial charge in [0.1, 0.15) is 5.82 Å². The average Bonchev–Trinajstić information content (AvgIpc) is 2.33. The largest absolute Gasteiger partial charge is 0.481 e. The smallest absolute Gasteiger partial charge is 0.303 e. The Morgan fingerprint density at radius 3 is 2.55 bits per heavy atom. The van der Waals surface area contributed by atoms with Gasteiger partial charge in [0.25, 0.3) is 5.91 Å². The molecule has 0 radical (unpaired) electrons. The quantitative estimate of drug-likeness (QED) is 0.860. The highest BCUT2D eigenvalue weighted by molar-refractivity contribution is 9.10. The summed E-state index contributed by atoms with van der Waals surface area (Å²) in [7, 11) is 0. The van der Waals surface area contributed by atoms with Crippen molar-refractivity contribution in [3.63, 3.8) is 0 Å². The summed E-state index contributed by atoms with van der Waals surface area (Å²) >= 11 is 3.14. The highest BCUT2D eigenvalue weighted by Gasteiger charge is 2.21. The van der Waals surface area contributed by atoms with Gasteiger partial charge in [0, 0.05) is 23.5 Å². The zero-order valence-electron chi connectivity index (χ0n) is 11.4. The third-order valence-corrected chi connectivity index (χ3v) is 3.33. The molecule has 4 nitrogen and oxygen atoms in total. The first-order valence-electron chi connectivity index (χ1n) is 6.30. The Labute approximate surface area is 125 Å². The summed E-state index contributed by atoms with van der Waals surface area (Å²) in [4.78, 5) is 24.3. The molecule has 0 aliphatic carbocycles. The van der Waals surface area contributed by atoms with Gasteiger partial charge in [-0.05, 0) is 38.5 Å². The molecule has 20 heavy (non-hydrogen) atoms. The van der Waals surface area contributed by atoms with Crippen molar-refractivity contribution in [2.75, 3.05) is 6.54 Å². The van der Waals surface area contributed by atoms with Crippen molar-refractivity contribution in [2.45, 2.75) is 32.7 Å². The third kappa shape index (κ3) is 4.59. The minimum atomic E-state index is -0.907. The standard InChI is InChI=1S/C14H17BrFNO3/c1-9(2)17(7-3-4-13(18)19)14(20)11-6-5-10(15)8-12(11)16/h5-6,8-9H,3-4,7H2,1-2H3,(H,18,19). The van der Waals surface area contributed by atoms with Crippen LogP contribution in [0.15, 0.2) is 22.7 Å². The normalized spacial score (nSPS) is 10.7. The van der Waals surface area contributed by atoms with E-state index in [-0.39, 0.29) is 24.6 Å². The van der Waals surface area contributed by atoms with Crippen molar-refractivity contribution < 1.29 is 19.1 Å². The van der Waals surface area contributed by atoms with E-state index in [1.807, 2.05) is 13.8 Å². The van der Waals surface area contributed by atoms with Crippen molar-refractivity contribution in [3.05, 3.63) is 34.1 Å². The SMILES string of the molecule is CC(C)N(CCCC(=O)O)C(=O)c1ccc(Br)cc1F. The Hall–Kier alpha value is -1.43. The van der Waals surface area contributed by atoms with Gasteiger partial charge in [-0.2, -0.15) is 0 Å². The van der Waals surface area contributed by atoms with E-state index in [4.69, 9.17) is 5.11 Å². The van der Waals surface area contributed by atoms with E-state index >= 15 is 0 Å². The van der Waals surface area contributed by atoms with Gasteiger partial charge in [-0.3, -0.25) is 9.59 Å². The zero-order valence-corrected chi connectivity index (χ0v) is 13.0. The first-order chi connectivity index (χ1) is 9.32. The summed E-state index contributed by atoms with van der Waals surface area (Å²) in [5, 5.41) is 8.63. The summed E-state index contributed by atoms with van der Waals surface area (Å²) < 4.78 is 14.4. The number of carboxylic acid groups (broad SMARTS) is 1. The first-order valence-corrected chi connectivity index (χ1v) is 7.10. The van der Waals surface area contributed by atoms with Crippen molar-refractivity contribution in [1.29, 1.82) is 0 Å². The van der Waals surface area contributed by atoms with Gasteiger partial charge in [-0.25, -0.2) is 4.39 Å². The molecule has 0 saturated heterocycles. The fourth-order valence-corrected chi connectivity index (χ4v) is 2.15. The molecule has 0 unspecified atom stereocenters. The van der Waals surface area contributed by atoms with E-state index in [9.17, 15) is 14.0 Å². The van der Waals surface area contributed by atoms with Gasteiger partial charge in [0.15, 0.2) is 0 Å². The van der Waals surface area contributed by atoms with Gasteiger partial charge in [0.05, 0.1) is 5.56 Å². The number of benzene rings is 1. The Morgan fingerprint density at radius 1 is 1.40 bits per heavy atom. The number of amides is 1. The number of nitrogens with zero attached hydrogens (tertiary/aromatic N) is 1. The number of aliphatic carboxylic acids is 1. The number of carbonyl (C=O) groups excluding carboxylic acids is 1. The van der Waals surface area contributed by atoms with Crippen LogP contribution in [0.5, 0.6) is 0 Å². The Morgan fingerprint density at radius 2 is 2.05 bits per heavy atom. The maximum atomic E-state index is 13.8. The summed E-state index contributed by atoms with van der Waals surface area (Å²) in [6.45, 7) is 3.92. The second-order valence-electron chi connectivity index (χ2n) is 4.71. The molecule has 0 aromatic heterocycles. The average molecular weight is 346 g/mol. The topological polar surface area (TPSA) is 57.6 Å². The predicted octanol–water partition coefficient (Wildman–Crippen LogP) is 3.30. The molecule has 0 aliphatic rings. The molecule has 1 aromatic rings. The molecule has 1 aromatic carbocycles. The molecule has 1 rings (SSSR count). The number of carbonyl (C=O) groups is 2. The molecule has 6 heteroatoms. The Bertz CT molecular complexity index is 505. The summed E-state index contributed by atoms with van der Waals surface area (Å²) in [5.41, 5.74) is -0.00257. The van der Waals surface area contributed by atoms with Crippen LogP contribution in [0.4, 0.5) is 4.39 Å². The van der Waals surface area contributed by atoms with E-state index in [2.05, 4.69) is 15.9 Å². The molecule has 0 saturated carbocycles. The van der Waals surface area contributed by atoms with E-state index in [1.165, 1.54) is 17.0 Å². The van der Waals surface area contributed by atoms with E-state index < -0.39 is 17.7 Å². The number of halogens is 2. The lowest BCUT2D eigenvalue weighted by Gasteiger charge is -2.27. The Balaban J connectivity index is 2.85. The van der Waals surface area contributed by atoms with Crippen LogP contribution < -0.4 is 0 Å². The molecular weight excluding hydrogens is 329 g/mol. The molecule has 0 bridgehead atoms. The van der Waals surface area contributed by atoms with Gasteiger partial charge in [0.2, 0.25) is 0 Å². The van der Waals surface area contributed by atoms with Crippen LogP contribution >= 0.6 is 15.9 Å². The summed E-state index contributed by atoms with van der Waals surface area (Å²) in [6.07, 6.45) is 0.330. The Kier molecular flexibility index (Phi) is 6.13. The van der Waals surface area contributed by atoms with Gasteiger partial charge in [-0.15, -0.1) is 0 Å². The minimum absolute atomic E-state index is 0.00257. The molecular formula is C14H17BrFNO3. The highest BCUT2D eigenvalue weighted by Crippen LogP contribution is 2.18. The van der Waals surface area contributed by atoms with Crippen LogP contribution in [0, 0.1) is 5.82 Å². The molecule has 1 amide bonds. The minimum Gasteiger partial charge on any atom is -0.481 e. The van der Waals surface area contributed by atoms with Crippen LogP contribution in [0.25, 0.3) is 0 Å². The molecule has 110 valence electrons. The second kappa shape index (κ2) is 7.38. The molecule has 0 fully saturated rings. The van der Waals surface area contributed by atoms with Crippen molar-refractivity contribution >= 4 is 27.8 Å². The van der Waals surface area contributed by atoms with Crippen LogP contribution in [-0.2, 0) is 4.79 Å². The maximum absolute atomic E-state index is 13.8. The lowest BCUT2D eigenvalue weighted by molar-refractivity contribution is -0.137. The maximum Gasteiger partial charge on any atom is 0.303 e. The summed E-state index contributed by atoms with van der Waals surface area (Å²) in [5.74, 6) is -1.92. The number of rotatable bonds is 6. The first kappa shape index (κ1) is 16.6. The van der Waals surface area contributed by atoms with Crippen LogP contribution in [0.3, 0.4) is 0 Å². The lowest BCUT2D eigenvalue weighted by atomic mass is 10.1. The monoisotopic (exact) mass is 345 g/mol. The highest BCUT2D eigenvalue weighted by atomic mass is 79.9. The van der Waals surface area contributed by atoms with Crippen LogP contribution in [0.2, 0.25) is 0 Å². The van der Waals surface area contributed by atoms with Crippen molar-refractivity contribution in [3.8, 4) is 0 Å². The third-order valence-electron chi connectivity index (χ3n) is 2.84. The molecule has 1 N–H and O–H groups in total. The van der Waals surface area contributed by atoms with Gasteiger partial charge in [-0.1, -0.05) is 15.9 Å². The molecule has 0 atom stereocenters. The zero-order chi connectivity index (χ0) is 15.3. The van der Waals surface area contributed by atoms with E-state index in [1.54, 1.807) is 6.07 Å². The molecule has 0 spiro atoms. The molecule has 0 heterocycles. The summed E-state index contributed by atoms with van der Waals surface area (Å²) in [6, 6.07) is 4.14. The lowest BCUT2D eigenvalue weighted by Crippen LogP contribution is -2.38. The number of hydrogen-bond acceptors (Lipinski definition) is 2. The van der Waals surface area contributed by atoms with Gasteiger partial charge < -0.3 is 10.0 Å².